The molecule has 1 aliphatic rings. The largest absolute Gasteiger partial charge is 0.377 e. The van der Waals surface area contributed by atoms with Crippen molar-refractivity contribution >= 4 is 6.03 Å². The van der Waals surface area contributed by atoms with Gasteiger partial charge in [0.1, 0.15) is 0 Å². The molecule has 1 aliphatic heterocycles. The molecule has 0 radical (unpaired) electrons. The van der Waals surface area contributed by atoms with Gasteiger partial charge in [-0.1, -0.05) is 30.3 Å². The van der Waals surface area contributed by atoms with Crippen molar-refractivity contribution in [3.05, 3.63) is 35.9 Å². The fraction of sp³-hybridized carbons (Fsp3) is 0.500. The molecular formula is C14H20N2O3. The molecule has 1 aromatic rings. The molecule has 0 saturated carbocycles. The minimum atomic E-state index is -0.378. The van der Waals surface area contributed by atoms with Gasteiger partial charge in [0.2, 0.25) is 0 Å². The fourth-order valence-corrected chi connectivity index (χ4v) is 2.17. The van der Waals surface area contributed by atoms with Crippen LogP contribution in [0.4, 0.5) is 4.79 Å². The van der Waals surface area contributed by atoms with E-state index in [1.54, 1.807) is 4.90 Å². The van der Waals surface area contributed by atoms with Crippen LogP contribution in [0, 0.1) is 0 Å². The number of carbonyl (C=O) groups is 1. The lowest BCUT2D eigenvalue weighted by molar-refractivity contribution is -0.00153. The highest BCUT2D eigenvalue weighted by molar-refractivity contribution is 5.72. The summed E-state index contributed by atoms with van der Waals surface area (Å²) >= 11 is 0. The summed E-state index contributed by atoms with van der Waals surface area (Å²) in [5.41, 5.74) is 6.49. The molecule has 1 saturated heterocycles. The Morgan fingerprint density at radius 1 is 1.42 bits per heavy atom. The van der Waals surface area contributed by atoms with E-state index in [0.717, 1.165) is 12.0 Å². The summed E-state index contributed by atoms with van der Waals surface area (Å²) in [6.45, 7) is 2.85. The molecule has 2 rings (SSSR count). The number of hydrogen-bond acceptors (Lipinski definition) is 3. The zero-order valence-corrected chi connectivity index (χ0v) is 11.0. The quantitative estimate of drug-likeness (QED) is 0.817. The van der Waals surface area contributed by atoms with E-state index in [-0.39, 0.29) is 12.1 Å². The fourth-order valence-electron chi connectivity index (χ4n) is 2.17. The van der Waals surface area contributed by atoms with Gasteiger partial charge in [-0.2, -0.15) is 0 Å². The van der Waals surface area contributed by atoms with E-state index in [1.807, 2.05) is 30.3 Å². The van der Waals surface area contributed by atoms with Crippen molar-refractivity contribution in [2.24, 2.45) is 5.73 Å². The molecule has 1 heterocycles. The number of carbonyl (C=O) groups excluding carboxylic acids is 1. The SMILES string of the molecule is NC(=O)N1CCOCC1CCOCc1ccccc1. The molecule has 0 bridgehead atoms. The normalized spacial score (nSPS) is 19.4. The standard InChI is InChI=1S/C14H20N2O3/c15-14(17)16-7-9-19-11-13(16)6-8-18-10-12-4-2-1-3-5-12/h1-5,13H,6-11H2,(H2,15,17). The highest BCUT2D eigenvalue weighted by atomic mass is 16.5. The van der Waals surface area contributed by atoms with Gasteiger partial charge in [0.25, 0.3) is 0 Å². The second-order valence-electron chi connectivity index (χ2n) is 4.59. The zero-order chi connectivity index (χ0) is 13.5. The van der Waals surface area contributed by atoms with Crippen molar-refractivity contribution in [3.63, 3.8) is 0 Å². The summed E-state index contributed by atoms with van der Waals surface area (Å²) in [4.78, 5) is 12.9. The molecule has 0 aliphatic carbocycles. The molecule has 2 N–H and O–H groups in total. The number of nitrogens with zero attached hydrogens (tertiary/aromatic N) is 1. The van der Waals surface area contributed by atoms with Crippen LogP contribution in [-0.4, -0.2) is 43.3 Å². The smallest absolute Gasteiger partial charge is 0.315 e. The van der Waals surface area contributed by atoms with Crippen molar-refractivity contribution < 1.29 is 14.3 Å². The minimum Gasteiger partial charge on any atom is -0.377 e. The first-order valence-electron chi connectivity index (χ1n) is 6.53. The first-order chi connectivity index (χ1) is 9.27. The van der Waals surface area contributed by atoms with Crippen LogP contribution in [0.5, 0.6) is 0 Å². The molecule has 19 heavy (non-hydrogen) atoms. The number of amides is 2. The third-order valence-corrected chi connectivity index (χ3v) is 3.22. The third kappa shape index (κ3) is 4.22. The van der Waals surface area contributed by atoms with Crippen LogP contribution in [0.1, 0.15) is 12.0 Å². The molecule has 104 valence electrons. The first-order valence-corrected chi connectivity index (χ1v) is 6.53. The number of hydrogen-bond donors (Lipinski definition) is 1. The van der Waals surface area contributed by atoms with Gasteiger partial charge in [0.15, 0.2) is 0 Å². The van der Waals surface area contributed by atoms with Gasteiger partial charge in [-0.15, -0.1) is 0 Å². The lowest BCUT2D eigenvalue weighted by Gasteiger charge is -2.34. The average molecular weight is 264 g/mol. The van der Waals surface area contributed by atoms with Gasteiger partial charge in [0, 0.05) is 13.2 Å². The molecule has 2 amide bonds. The van der Waals surface area contributed by atoms with E-state index in [9.17, 15) is 4.79 Å². The summed E-state index contributed by atoms with van der Waals surface area (Å²) in [6.07, 6.45) is 0.746. The van der Waals surface area contributed by atoms with Crippen molar-refractivity contribution in [3.8, 4) is 0 Å². The average Bonchev–Trinajstić information content (AvgIpc) is 2.45. The van der Waals surface area contributed by atoms with E-state index >= 15 is 0 Å². The van der Waals surface area contributed by atoms with Gasteiger partial charge < -0.3 is 20.1 Å². The maximum Gasteiger partial charge on any atom is 0.315 e. The van der Waals surface area contributed by atoms with Crippen LogP contribution in [0.15, 0.2) is 30.3 Å². The Bertz CT molecular complexity index is 397. The highest BCUT2D eigenvalue weighted by Gasteiger charge is 2.25. The van der Waals surface area contributed by atoms with E-state index in [0.29, 0.717) is 33.0 Å². The molecule has 1 aromatic carbocycles. The van der Waals surface area contributed by atoms with Crippen LogP contribution in [0.2, 0.25) is 0 Å². The lowest BCUT2D eigenvalue weighted by Crippen LogP contribution is -2.51. The van der Waals surface area contributed by atoms with Gasteiger partial charge in [-0.25, -0.2) is 4.79 Å². The van der Waals surface area contributed by atoms with Gasteiger partial charge in [-0.05, 0) is 12.0 Å². The summed E-state index contributed by atoms with van der Waals surface area (Å²) in [7, 11) is 0. The maximum absolute atomic E-state index is 11.3. The number of ether oxygens (including phenoxy) is 2. The number of nitrogens with two attached hydrogens (primary N) is 1. The Morgan fingerprint density at radius 2 is 2.21 bits per heavy atom. The molecule has 5 nitrogen and oxygen atoms in total. The van der Waals surface area contributed by atoms with Crippen molar-refractivity contribution in [1.82, 2.24) is 4.90 Å². The molecule has 0 aromatic heterocycles. The second kappa shape index (κ2) is 7.11. The van der Waals surface area contributed by atoms with Gasteiger partial charge in [0.05, 0.1) is 25.9 Å². The molecular weight excluding hydrogens is 244 g/mol. The molecule has 1 atom stereocenters. The summed E-state index contributed by atoms with van der Waals surface area (Å²) in [6, 6.07) is 9.66. The van der Waals surface area contributed by atoms with Crippen molar-refractivity contribution in [2.45, 2.75) is 19.1 Å². The Hall–Kier alpha value is -1.59. The van der Waals surface area contributed by atoms with Crippen LogP contribution in [0.3, 0.4) is 0 Å². The predicted molar refractivity (Wildman–Crippen MR) is 71.6 cm³/mol. The molecule has 1 fully saturated rings. The van der Waals surface area contributed by atoms with Crippen LogP contribution in [-0.2, 0) is 16.1 Å². The van der Waals surface area contributed by atoms with Gasteiger partial charge in [-0.3, -0.25) is 0 Å². The first kappa shape index (κ1) is 13.8. The number of urea groups is 1. The summed E-state index contributed by atoms with van der Waals surface area (Å²) in [5.74, 6) is 0. The van der Waals surface area contributed by atoms with Crippen molar-refractivity contribution in [1.29, 1.82) is 0 Å². The predicted octanol–water partition coefficient (Wildman–Crippen LogP) is 1.37. The lowest BCUT2D eigenvalue weighted by atomic mass is 10.2. The summed E-state index contributed by atoms with van der Waals surface area (Å²) in [5, 5.41) is 0. The second-order valence-corrected chi connectivity index (χ2v) is 4.59. The minimum absolute atomic E-state index is 0.0297. The Balaban J connectivity index is 1.71. The highest BCUT2D eigenvalue weighted by Crippen LogP contribution is 2.11. The van der Waals surface area contributed by atoms with Crippen molar-refractivity contribution in [2.75, 3.05) is 26.4 Å². The number of morpholine rings is 1. The van der Waals surface area contributed by atoms with E-state index in [2.05, 4.69) is 0 Å². The van der Waals surface area contributed by atoms with E-state index in [4.69, 9.17) is 15.2 Å². The van der Waals surface area contributed by atoms with E-state index < -0.39 is 0 Å². The maximum atomic E-state index is 11.3. The van der Waals surface area contributed by atoms with Crippen LogP contribution in [0.25, 0.3) is 0 Å². The Kier molecular flexibility index (Phi) is 5.18. The Labute approximate surface area is 113 Å². The number of primary amides is 1. The number of rotatable bonds is 5. The summed E-state index contributed by atoms with van der Waals surface area (Å²) < 4.78 is 11.0. The number of benzene rings is 1. The topological polar surface area (TPSA) is 64.8 Å². The van der Waals surface area contributed by atoms with Crippen LogP contribution < -0.4 is 5.73 Å². The van der Waals surface area contributed by atoms with Gasteiger partial charge >= 0.3 is 6.03 Å². The molecule has 5 heteroatoms. The Morgan fingerprint density at radius 3 is 2.95 bits per heavy atom. The zero-order valence-electron chi connectivity index (χ0n) is 11.0. The van der Waals surface area contributed by atoms with Crippen LogP contribution >= 0.6 is 0 Å². The van der Waals surface area contributed by atoms with E-state index in [1.165, 1.54) is 0 Å². The third-order valence-electron chi connectivity index (χ3n) is 3.22. The monoisotopic (exact) mass is 264 g/mol. The molecule has 0 spiro atoms. The molecule has 1 unspecified atom stereocenters.